The Balaban J connectivity index is 2.46. The first-order valence-corrected chi connectivity index (χ1v) is 6.00. The predicted octanol–water partition coefficient (Wildman–Crippen LogP) is 1.56. The Kier molecular flexibility index (Phi) is 4.78. The van der Waals surface area contributed by atoms with Gasteiger partial charge in [0.1, 0.15) is 0 Å². The molecule has 1 aromatic rings. The molecule has 0 aliphatic carbocycles. The van der Waals surface area contributed by atoms with Gasteiger partial charge in [0.05, 0.1) is 0 Å². The van der Waals surface area contributed by atoms with Crippen molar-refractivity contribution in [2.45, 2.75) is 13.5 Å². The Morgan fingerprint density at radius 1 is 1.67 bits per heavy atom. The maximum atomic E-state index is 11.8. The minimum absolute atomic E-state index is 0.0404. The first-order chi connectivity index (χ1) is 7.15. The van der Waals surface area contributed by atoms with Crippen LogP contribution in [0.25, 0.3) is 0 Å². The molecule has 0 fully saturated rings. The highest BCUT2D eigenvalue weighted by Gasteiger charge is 2.16. The average Bonchev–Trinajstić information content (AvgIpc) is 2.69. The zero-order chi connectivity index (χ0) is 11.3. The van der Waals surface area contributed by atoms with Gasteiger partial charge in [0.25, 0.3) is 0 Å². The second-order valence-corrected chi connectivity index (χ2v) is 4.56. The van der Waals surface area contributed by atoms with Crippen molar-refractivity contribution in [2.24, 2.45) is 5.92 Å². The molecule has 0 saturated heterocycles. The van der Waals surface area contributed by atoms with Crippen molar-refractivity contribution in [1.82, 2.24) is 10.2 Å². The summed E-state index contributed by atoms with van der Waals surface area (Å²) in [4.78, 5) is 13.6. The van der Waals surface area contributed by atoms with E-state index in [4.69, 9.17) is 0 Å². The summed E-state index contributed by atoms with van der Waals surface area (Å²) in [5, 5.41) is 7.12. The lowest BCUT2D eigenvalue weighted by Gasteiger charge is -2.20. The van der Waals surface area contributed by atoms with E-state index in [1.54, 1.807) is 16.2 Å². The number of hydrogen-bond donors (Lipinski definition) is 1. The summed E-state index contributed by atoms with van der Waals surface area (Å²) >= 11 is 1.66. The molecule has 15 heavy (non-hydrogen) atoms. The molecule has 3 nitrogen and oxygen atoms in total. The van der Waals surface area contributed by atoms with Gasteiger partial charge in [-0.3, -0.25) is 4.79 Å². The topological polar surface area (TPSA) is 32.3 Å². The van der Waals surface area contributed by atoms with Gasteiger partial charge in [0, 0.05) is 26.1 Å². The first kappa shape index (κ1) is 12.2. The number of thiophene rings is 1. The van der Waals surface area contributed by atoms with E-state index in [9.17, 15) is 4.79 Å². The quantitative estimate of drug-likeness (QED) is 0.826. The Morgan fingerprint density at radius 2 is 2.40 bits per heavy atom. The van der Waals surface area contributed by atoms with Crippen molar-refractivity contribution in [3.63, 3.8) is 0 Å². The lowest BCUT2D eigenvalue weighted by Crippen LogP contribution is -2.35. The number of nitrogens with one attached hydrogen (secondary N) is 1. The van der Waals surface area contributed by atoms with Crippen LogP contribution in [0, 0.1) is 5.92 Å². The molecular formula is C11H18N2OS. The molecule has 0 aliphatic rings. The van der Waals surface area contributed by atoms with Gasteiger partial charge in [0.2, 0.25) is 5.91 Å². The molecule has 0 bridgehead atoms. The average molecular weight is 226 g/mol. The van der Waals surface area contributed by atoms with Crippen LogP contribution in [0.3, 0.4) is 0 Å². The van der Waals surface area contributed by atoms with Gasteiger partial charge in [-0.05, 0) is 29.4 Å². The van der Waals surface area contributed by atoms with Crippen LogP contribution in [0.2, 0.25) is 0 Å². The van der Waals surface area contributed by atoms with Crippen molar-refractivity contribution >= 4 is 17.2 Å². The fourth-order valence-corrected chi connectivity index (χ4v) is 2.16. The van der Waals surface area contributed by atoms with E-state index < -0.39 is 0 Å². The molecule has 1 N–H and O–H groups in total. The second kappa shape index (κ2) is 5.88. The maximum Gasteiger partial charge on any atom is 0.226 e. The summed E-state index contributed by atoms with van der Waals surface area (Å²) in [5.74, 6) is 0.231. The van der Waals surface area contributed by atoms with Crippen LogP contribution in [-0.2, 0) is 11.3 Å². The molecule has 1 rings (SSSR count). The van der Waals surface area contributed by atoms with Crippen molar-refractivity contribution in [2.75, 3.05) is 20.6 Å². The van der Waals surface area contributed by atoms with E-state index in [0.717, 1.165) is 6.54 Å². The molecule has 1 amide bonds. The molecule has 0 radical (unpaired) electrons. The molecule has 4 heteroatoms. The summed E-state index contributed by atoms with van der Waals surface area (Å²) < 4.78 is 0. The smallest absolute Gasteiger partial charge is 0.226 e. The van der Waals surface area contributed by atoms with Gasteiger partial charge >= 0.3 is 0 Å². The van der Waals surface area contributed by atoms with Crippen molar-refractivity contribution < 1.29 is 4.79 Å². The van der Waals surface area contributed by atoms with Gasteiger partial charge in [-0.25, -0.2) is 0 Å². The van der Waals surface area contributed by atoms with E-state index in [1.165, 1.54) is 5.56 Å². The Bertz CT molecular complexity index is 298. The Hall–Kier alpha value is -0.870. The third-order valence-electron chi connectivity index (χ3n) is 2.31. The van der Waals surface area contributed by atoms with Crippen molar-refractivity contribution in [3.05, 3.63) is 22.4 Å². The second-order valence-electron chi connectivity index (χ2n) is 3.78. The van der Waals surface area contributed by atoms with Gasteiger partial charge in [-0.2, -0.15) is 11.3 Å². The summed E-state index contributed by atoms with van der Waals surface area (Å²) in [5.41, 5.74) is 1.20. The molecule has 1 heterocycles. The van der Waals surface area contributed by atoms with E-state index in [0.29, 0.717) is 6.54 Å². The summed E-state index contributed by atoms with van der Waals surface area (Å²) in [6.07, 6.45) is 0. The van der Waals surface area contributed by atoms with Crippen molar-refractivity contribution in [1.29, 1.82) is 0 Å². The Labute approximate surface area is 95.1 Å². The van der Waals surface area contributed by atoms with Gasteiger partial charge < -0.3 is 10.2 Å². The van der Waals surface area contributed by atoms with Crippen LogP contribution >= 0.6 is 11.3 Å². The molecule has 0 saturated carbocycles. The predicted molar refractivity (Wildman–Crippen MR) is 63.9 cm³/mol. The Morgan fingerprint density at radius 3 is 2.93 bits per heavy atom. The lowest BCUT2D eigenvalue weighted by molar-refractivity contribution is -0.134. The fourth-order valence-electron chi connectivity index (χ4n) is 1.50. The van der Waals surface area contributed by atoms with Gasteiger partial charge in [0.15, 0.2) is 0 Å². The van der Waals surface area contributed by atoms with E-state index >= 15 is 0 Å². The standard InChI is InChI=1S/C11H18N2OS/c1-9(6-12-2)11(14)13(3)7-10-4-5-15-8-10/h4-5,8-9,12H,6-7H2,1-3H3. The SMILES string of the molecule is CNCC(C)C(=O)N(C)Cc1ccsc1. The number of nitrogens with zero attached hydrogens (tertiary/aromatic N) is 1. The zero-order valence-electron chi connectivity index (χ0n) is 9.49. The zero-order valence-corrected chi connectivity index (χ0v) is 10.3. The summed E-state index contributed by atoms with van der Waals surface area (Å²) in [6.45, 7) is 3.38. The van der Waals surface area contributed by atoms with Crippen LogP contribution in [-0.4, -0.2) is 31.4 Å². The maximum absolute atomic E-state index is 11.8. The molecule has 0 spiro atoms. The highest BCUT2D eigenvalue weighted by Crippen LogP contribution is 2.10. The number of carbonyl (C=O) groups is 1. The summed E-state index contributed by atoms with van der Waals surface area (Å²) in [7, 11) is 3.72. The fraction of sp³-hybridized carbons (Fsp3) is 0.545. The normalized spacial score (nSPS) is 12.5. The van der Waals surface area contributed by atoms with E-state index in [-0.39, 0.29) is 11.8 Å². The van der Waals surface area contributed by atoms with Gasteiger partial charge in [-0.1, -0.05) is 6.92 Å². The lowest BCUT2D eigenvalue weighted by atomic mass is 10.1. The molecule has 1 unspecified atom stereocenters. The van der Waals surface area contributed by atoms with Crippen LogP contribution in [0.5, 0.6) is 0 Å². The van der Waals surface area contributed by atoms with Crippen molar-refractivity contribution in [3.8, 4) is 0 Å². The molecular weight excluding hydrogens is 208 g/mol. The van der Waals surface area contributed by atoms with Crippen LogP contribution in [0.4, 0.5) is 0 Å². The minimum atomic E-state index is 0.0404. The number of carbonyl (C=O) groups excluding carboxylic acids is 1. The molecule has 0 aliphatic heterocycles. The minimum Gasteiger partial charge on any atom is -0.341 e. The number of hydrogen-bond acceptors (Lipinski definition) is 3. The molecule has 84 valence electrons. The van der Waals surface area contributed by atoms with E-state index in [1.807, 2.05) is 26.4 Å². The van der Waals surface area contributed by atoms with Crippen LogP contribution in [0.15, 0.2) is 16.8 Å². The monoisotopic (exact) mass is 226 g/mol. The van der Waals surface area contributed by atoms with Gasteiger partial charge in [-0.15, -0.1) is 0 Å². The summed E-state index contributed by atoms with van der Waals surface area (Å²) in [6, 6.07) is 2.05. The van der Waals surface area contributed by atoms with Crippen LogP contribution < -0.4 is 5.32 Å². The molecule has 0 aromatic carbocycles. The third kappa shape index (κ3) is 3.64. The number of amides is 1. The molecule has 1 aromatic heterocycles. The highest BCUT2D eigenvalue weighted by molar-refractivity contribution is 7.07. The van der Waals surface area contributed by atoms with Crippen LogP contribution in [0.1, 0.15) is 12.5 Å². The largest absolute Gasteiger partial charge is 0.341 e. The third-order valence-corrected chi connectivity index (χ3v) is 3.04. The van der Waals surface area contributed by atoms with E-state index in [2.05, 4.69) is 16.8 Å². The first-order valence-electron chi connectivity index (χ1n) is 5.05. The number of rotatable bonds is 5. The highest BCUT2D eigenvalue weighted by atomic mass is 32.1. The molecule has 1 atom stereocenters.